The highest BCUT2D eigenvalue weighted by Gasteiger charge is 2.43. The van der Waals surface area contributed by atoms with Gasteiger partial charge in [0, 0.05) is 32.3 Å². The number of morpholine rings is 1. The lowest BCUT2D eigenvalue weighted by molar-refractivity contribution is -0.122. The molecule has 1 aromatic rings. The maximum absolute atomic E-state index is 6.32. The molecular weight excluding hydrogens is 314 g/mol. The quantitative estimate of drug-likeness (QED) is 0.820. The van der Waals surface area contributed by atoms with Gasteiger partial charge < -0.3 is 14.2 Å². The first kappa shape index (κ1) is 17.5. The Balaban J connectivity index is 1.33. The first-order valence-electron chi connectivity index (χ1n) is 9.90. The molecule has 3 fully saturated rings. The van der Waals surface area contributed by atoms with E-state index in [0.29, 0.717) is 12.0 Å². The summed E-state index contributed by atoms with van der Waals surface area (Å²) in [7, 11) is 0. The lowest BCUT2D eigenvalue weighted by atomic mass is 10.0. The second-order valence-corrected chi connectivity index (χ2v) is 7.87. The normalized spacial score (nSPS) is 31.2. The number of hydrogen-bond acceptors (Lipinski definition) is 4. The molecular formula is C21H31NO3. The zero-order chi connectivity index (χ0) is 17.1. The summed E-state index contributed by atoms with van der Waals surface area (Å²) < 4.78 is 17.9. The van der Waals surface area contributed by atoms with Crippen molar-refractivity contribution in [3.8, 4) is 0 Å². The zero-order valence-electron chi connectivity index (χ0n) is 15.4. The predicted octanol–water partition coefficient (Wildman–Crippen LogP) is 3.17. The van der Waals surface area contributed by atoms with Crippen LogP contribution in [-0.2, 0) is 20.8 Å². The third-order valence-corrected chi connectivity index (χ3v) is 6.01. The number of benzene rings is 1. The minimum absolute atomic E-state index is 0.249. The molecule has 138 valence electrons. The van der Waals surface area contributed by atoms with Gasteiger partial charge in [0.25, 0.3) is 0 Å². The van der Waals surface area contributed by atoms with E-state index in [1.807, 2.05) is 0 Å². The number of rotatable bonds is 5. The van der Waals surface area contributed by atoms with Gasteiger partial charge in [-0.3, -0.25) is 4.90 Å². The van der Waals surface area contributed by atoms with Crippen LogP contribution >= 0.6 is 0 Å². The van der Waals surface area contributed by atoms with Crippen molar-refractivity contribution in [3.05, 3.63) is 35.4 Å². The van der Waals surface area contributed by atoms with Gasteiger partial charge >= 0.3 is 0 Å². The lowest BCUT2D eigenvalue weighted by Crippen LogP contribution is -2.51. The highest BCUT2D eigenvalue weighted by Crippen LogP contribution is 2.33. The summed E-state index contributed by atoms with van der Waals surface area (Å²) >= 11 is 0. The lowest BCUT2D eigenvalue weighted by Gasteiger charge is -2.39. The summed E-state index contributed by atoms with van der Waals surface area (Å²) in [5, 5.41) is 0. The summed E-state index contributed by atoms with van der Waals surface area (Å²) in [6.45, 7) is 7.71. The van der Waals surface area contributed by atoms with Gasteiger partial charge in [0.05, 0.1) is 25.4 Å². The van der Waals surface area contributed by atoms with Crippen LogP contribution in [-0.4, -0.2) is 56.1 Å². The second-order valence-electron chi connectivity index (χ2n) is 7.87. The van der Waals surface area contributed by atoms with E-state index in [1.54, 1.807) is 0 Å². The summed E-state index contributed by atoms with van der Waals surface area (Å²) in [6, 6.07) is 9.39. The molecule has 3 aliphatic rings. The van der Waals surface area contributed by atoms with Gasteiger partial charge in [0.2, 0.25) is 0 Å². The molecule has 3 atom stereocenters. The fraction of sp³-hybridized carbons (Fsp3) is 0.714. The molecule has 2 heterocycles. The smallest absolute Gasteiger partial charge is 0.0992 e. The van der Waals surface area contributed by atoms with Crippen molar-refractivity contribution in [2.45, 2.75) is 57.4 Å². The van der Waals surface area contributed by atoms with Crippen LogP contribution in [0, 0.1) is 12.8 Å². The first-order valence-corrected chi connectivity index (χ1v) is 9.90. The molecule has 2 aliphatic heterocycles. The van der Waals surface area contributed by atoms with E-state index < -0.39 is 0 Å². The number of nitrogens with zero attached hydrogens (tertiary/aromatic N) is 1. The van der Waals surface area contributed by atoms with Gasteiger partial charge in [-0.2, -0.15) is 0 Å². The molecule has 0 bridgehead atoms. The van der Waals surface area contributed by atoms with Crippen molar-refractivity contribution >= 4 is 0 Å². The second kappa shape index (κ2) is 8.17. The topological polar surface area (TPSA) is 30.9 Å². The predicted molar refractivity (Wildman–Crippen MR) is 97.6 cm³/mol. The fourth-order valence-electron chi connectivity index (χ4n) is 4.58. The van der Waals surface area contributed by atoms with E-state index in [9.17, 15) is 0 Å². The molecule has 1 aromatic carbocycles. The zero-order valence-corrected chi connectivity index (χ0v) is 15.4. The van der Waals surface area contributed by atoms with Gasteiger partial charge in [-0.25, -0.2) is 0 Å². The Hall–Kier alpha value is -0.940. The average Bonchev–Trinajstić information content (AvgIpc) is 3.05. The molecule has 1 aliphatic carbocycles. The van der Waals surface area contributed by atoms with E-state index in [1.165, 1.54) is 17.5 Å². The Bertz CT molecular complexity index is 558. The van der Waals surface area contributed by atoms with Crippen molar-refractivity contribution < 1.29 is 14.2 Å². The largest absolute Gasteiger partial charge is 0.381 e. The Morgan fingerprint density at radius 2 is 2.00 bits per heavy atom. The molecule has 0 unspecified atom stereocenters. The Morgan fingerprint density at radius 1 is 1.12 bits per heavy atom. The van der Waals surface area contributed by atoms with Crippen LogP contribution in [0.5, 0.6) is 0 Å². The highest BCUT2D eigenvalue weighted by atomic mass is 16.5. The Kier molecular flexibility index (Phi) is 5.71. The van der Waals surface area contributed by atoms with Gasteiger partial charge in [-0.05, 0) is 44.1 Å². The van der Waals surface area contributed by atoms with Crippen molar-refractivity contribution in [2.24, 2.45) is 5.92 Å². The number of aryl methyl sites for hydroxylation is 1. The van der Waals surface area contributed by atoms with Crippen LogP contribution in [0.2, 0.25) is 0 Å². The third-order valence-electron chi connectivity index (χ3n) is 6.01. The molecule has 4 nitrogen and oxygen atoms in total. The molecule has 0 radical (unpaired) electrons. The maximum atomic E-state index is 6.32. The van der Waals surface area contributed by atoms with Crippen LogP contribution in [0.3, 0.4) is 0 Å². The van der Waals surface area contributed by atoms with Crippen LogP contribution in [0.1, 0.15) is 36.8 Å². The maximum Gasteiger partial charge on any atom is 0.0992 e. The Morgan fingerprint density at radius 3 is 2.84 bits per heavy atom. The molecule has 4 rings (SSSR count). The van der Waals surface area contributed by atoms with Gasteiger partial charge in [-0.1, -0.05) is 29.8 Å². The van der Waals surface area contributed by atoms with Crippen molar-refractivity contribution in [1.29, 1.82) is 0 Å². The Labute approximate surface area is 151 Å². The van der Waals surface area contributed by atoms with Gasteiger partial charge in [0.1, 0.15) is 0 Å². The first-order chi connectivity index (χ1) is 12.3. The molecule has 2 saturated heterocycles. The van der Waals surface area contributed by atoms with Crippen LogP contribution in [0.25, 0.3) is 0 Å². The summed E-state index contributed by atoms with van der Waals surface area (Å²) in [5.74, 6) is 0.666. The van der Waals surface area contributed by atoms with E-state index in [4.69, 9.17) is 14.2 Å². The SMILES string of the molecule is Cc1cccc(CN2CCO[C@H]3[C@H](OCC4CCOCC4)CC[C@@H]32)c1. The number of fused-ring (bicyclic) bond motifs is 1. The van der Waals surface area contributed by atoms with Crippen molar-refractivity contribution in [3.63, 3.8) is 0 Å². The average molecular weight is 345 g/mol. The minimum Gasteiger partial charge on any atom is -0.381 e. The fourth-order valence-corrected chi connectivity index (χ4v) is 4.58. The molecule has 0 aromatic heterocycles. The summed E-state index contributed by atoms with van der Waals surface area (Å²) in [6.07, 6.45) is 5.12. The van der Waals surface area contributed by atoms with Crippen molar-refractivity contribution in [1.82, 2.24) is 4.90 Å². The van der Waals surface area contributed by atoms with E-state index in [0.717, 1.165) is 58.8 Å². The van der Waals surface area contributed by atoms with Crippen LogP contribution in [0.4, 0.5) is 0 Å². The number of ether oxygens (including phenoxy) is 3. The third kappa shape index (κ3) is 4.25. The molecule has 0 amide bonds. The number of hydrogen-bond donors (Lipinski definition) is 0. The molecule has 0 N–H and O–H groups in total. The summed E-state index contributed by atoms with van der Waals surface area (Å²) in [4.78, 5) is 2.61. The monoisotopic (exact) mass is 345 g/mol. The highest BCUT2D eigenvalue weighted by molar-refractivity contribution is 5.22. The van der Waals surface area contributed by atoms with Gasteiger partial charge in [-0.15, -0.1) is 0 Å². The molecule has 1 saturated carbocycles. The van der Waals surface area contributed by atoms with Gasteiger partial charge in [0.15, 0.2) is 0 Å². The van der Waals surface area contributed by atoms with Crippen molar-refractivity contribution in [2.75, 3.05) is 33.0 Å². The molecule has 4 heteroatoms. The summed E-state index contributed by atoms with van der Waals surface area (Å²) in [5.41, 5.74) is 2.75. The van der Waals surface area contributed by atoms with Crippen LogP contribution < -0.4 is 0 Å². The van der Waals surface area contributed by atoms with E-state index in [2.05, 4.69) is 36.1 Å². The van der Waals surface area contributed by atoms with E-state index >= 15 is 0 Å². The van der Waals surface area contributed by atoms with Crippen LogP contribution in [0.15, 0.2) is 24.3 Å². The van der Waals surface area contributed by atoms with E-state index in [-0.39, 0.29) is 12.2 Å². The standard InChI is InChI=1S/C21H31NO3/c1-16-3-2-4-18(13-16)14-22-9-12-24-21-19(22)5-6-20(21)25-15-17-7-10-23-11-8-17/h2-4,13,17,19-21H,5-12,14-15H2,1H3/t19-,20+,21+/m0/s1. The minimum atomic E-state index is 0.249. The molecule has 0 spiro atoms. The molecule has 25 heavy (non-hydrogen) atoms.